The predicted octanol–water partition coefficient (Wildman–Crippen LogP) is 3.10. The van der Waals surface area contributed by atoms with E-state index in [1.54, 1.807) is 20.3 Å². The van der Waals surface area contributed by atoms with E-state index in [9.17, 15) is 4.79 Å². The van der Waals surface area contributed by atoms with E-state index in [1.807, 2.05) is 30.0 Å². The molecule has 1 amide bonds. The number of hydrogen-bond acceptors (Lipinski definition) is 4. The van der Waals surface area contributed by atoms with Gasteiger partial charge in [0, 0.05) is 19.5 Å². The summed E-state index contributed by atoms with van der Waals surface area (Å²) in [6, 6.07) is 7.68. The Morgan fingerprint density at radius 3 is 2.12 bits per heavy atom. The van der Waals surface area contributed by atoms with Gasteiger partial charge in [0.2, 0.25) is 0 Å². The molecule has 0 fully saturated rings. The average Bonchev–Trinajstić information content (AvgIpc) is 3.00. The highest BCUT2D eigenvalue weighted by Crippen LogP contribution is 2.32. The molecule has 0 aliphatic carbocycles. The molecule has 2 aromatic rings. The normalized spacial score (nSPS) is 14.0. The lowest BCUT2D eigenvalue weighted by molar-refractivity contribution is 0.0729. The van der Waals surface area contributed by atoms with Gasteiger partial charge in [-0.05, 0) is 48.2 Å². The first-order valence-electron chi connectivity index (χ1n) is 8.28. The number of rotatable bonds is 4. The van der Waals surface area contributed by atoms with Gasteiger partial charge in [0.25, 0.3) is 5.91 Å². The van der Waals surface area contributed by atoms with Gasteiger partial charge in [0.05, 0.1) is 14.2 Å². The number of methoxy groups -OCH3 is 2. The highest BCUT2D eigenvalue weighted by molar-refractivity contribution is 5.91. The van der Waals surface area contributed by atoms with E-state index in [-0.39, 0.29) is 5.91 Å². The van der Waals surface area contributed by atoms with Gasteiger partial charge in [-0.2, -0.15) is 0 Å². The number of benzene rings is 1. The summed E-state index contributed by atoms with van der Waals surface area (Å²) in [7, 11) is 3.28. The van der Waals surface area contributed by atoms with Crippen LogP contribution in [0.25, 0.3) is 0 Å². The Hall–Kier alpha value is -2.43. The minimum atomic E-state index is -0.0403. The Bertz CT molecular complexity index is 700. The van der Waals surface area contributed by atoms with Gasteiger partial charge in [0.1, 0.15) is 5.76 Å². The molecule has 2 heterocycles. The molecule has 0 saturated carbocycles. The van der Waals surface area contributed by atoms with Crippen molar-refractivity contribution >= 4 is 5.91 Å². The minimum Gasteiger partial charge on any atom is -0.493 e. The number of aryl methyl sites for hydroxylation is 1. The van der Waals surface area contributed by atoms with Gasteiger partial charge in [-0.3, -0.25) is 4.79 Å². The summed E-state index contributed by atoms with van der Waals surface area (Å²) in [4.78, 5) is 14.5. The van der Waals surface area contributed by atoms with Gasteiger partial charge in [-0.15, -0.1) is 0 Å². The number of furan rings is 1. The molecule has 1 aliphatic heterocycles. The van der Waals surface area contributed by atoms with Crippen molar-refractivity contribution in [1.29, 1.82) is 0 Å². The minimum absolute atomic E-state index is 0.0403. The molecule has 0 atom stereocenters. The van der Waals surface area contributed by atoms with E-state index >= 15 is 0 Å². The topological polar surface area (TPSA) is 51.9 Å². The summed E-state index contributed by atoms with van der Waals surface area (Å²) < 4.78 is 16.4. The zero-order valence-corrected chi connectivity index (χ0v) is 14.4. The molecule has 0 unspecified atom stereocenters. The van der Waals surface area contributed by atoms with Crippen LogP contribution < -0.4 is 9.47 Å². The predicted molar refractivity (Wildman–Crippen MR) is 90.9 cm³/mol. The monoisotopic (exact) mass is 329 g/mol. The van der Waals surface area contributed by atoms with Crippen LogP contribution in [0.5, 0.6) is 11.5 Å². The molecule has 5 heteroatoms. The highest BCUT2D eigenvalue weighted by atomic mass is 16.5. The van der Waals surface area contributed by atoms with Crippen molar-refractivity contribution < 1.29 is 18.7 Å². The van der Waals surface area contributed by atoms with Gasteiger partial charge in [0.15, 0.2) is 17.3 Å². The summed E-state index contributed by atoms with van der Waals surface area (Å²) in [6.45, 7) is 3.35. The van der Waals surface area contributed by atoms with Crippen LogP contribution in [0.15, 0.2) is 28.7 Å². The number of fused-ring (bicyclic) bond motifs is 1. The second kappa shape index (κ2) is 6.99. The Labute approximate surface area is 142 Å². The number of carbonyl (C=O) groups excluding carboxylic acids is 1. The third-order valence-electron chi connectivity index (χ3n) is 4.52. The molecular weight excluding hydrogens is 306 g/mol. The maximum Gasteiger partial charge on any atom is 0.289 e. The van der Waals surface area contributed by atoms with Gasteiger partial charge >= 0.3 is 0 Å². The lowest BCUT2D eigenvalue weighted by Crippen LogP contribution is -2.33. The fraction of sp³-hybridized carbons (Fsp3) is 0.421. The Balaban J connectivity index is 1.78. The molecule has 1 aromatic carbocycles. The van der Waals surface area contributed by atoms with Crippen LogP contribution in [0.2, 0.25) is 0 Å². The highest BCUT2D eigenvalue weighted by Gasteiger charge is 2.23. The van der Waals surface area contributed by atoms with Crippen LogP contribution in [0.4, 0.5) is 0 Å². The molecule has 24 heavy (non-hydrogen) atoms. The van der Waals surface area contributed by atoms with E-state index in [4.69, 9.17) is 13.9 Å². The van der Waals surface area contributed by atoms with Crippen LogP contribution in [0.1, 0.15) is 34.4 Å². The maximum absolute atomic E-state index is 12.7. The van der Waals surface area contributed by atoms with Crippen molar-refractivity contribution in [2.75, 3.05) is 27.3 Å². The molecule has 0 N–H and O–H groups in total. The van der Waals surface area contributed by atoms with E-state index in [0.29, 0.717) is 18.8 Å². The smallest absolute Gasteiger partial charge is 0.289 e. The average molecular weight is 329 g/mol. The Morgan fingerprint density at radius 1 is 1.08 bits per heavy atom. The molecule has 1 aromatic heterocycles. The second-order valence-corrected chi connectivity index (χ2v) is 5.89. The zero-order valence-electron chi connectivity index (χ0n) is 14.4. The van der Waals surface area contributed by atoms with Crippen molar-refractivity contribution in [3.05, 3.63) is 46.9 Å². The quantitative estimate of drug-likeness (QED) is 0.865. The Kier molecular flexibility index (Phi) is 4.79. The molecule has 0 bridgehead atoms. The number of amides is 1. The van der Waals surface area contributed by atoms with Crippen LogP contribution in [0.3, 0.4) is 0 Å². The molecule has 5 nitrogen and oxygen atoms in total. The first-order valence-corrected chi connectivity index (χ1v) is 8.28. The standard InChI is InChI=1S/C19H23NO4/c1-4-15-5-6-16(24-15)19(21)20-9-7-13-11-17(22-2)18(23-3)12-14(13)8-10-20/h5-6,11-12H,4,7-10H2,1-3H3. The van der Waals surface area contributed by atoms with E-state index in [1.165, 1.54) is 11.1 Å². The van der Waals surface area contributed by atoms with E-state index in [0.717, 1.165) is 36.5 Å². The number of ether oxygens (including phenoxy) is 2. The molecular formula is C19H23NO4. The summed E-state index contributed by atoms with van der Waals surface area (Å²) >= 11 is 0. The number of hydrogen-bond donors (Lipinski definition) is 0. The molecule has 1 aliphatic rings. The van der Waals surface area contributed by atoms with Crippen LogP contribution in [0, 0.1) is 0 Å². The van der Waals surface area contributed by atoms with Crippen molar-refractivity contribution in [3.63, 3.8) is 0 Å². The molecule has 128 valence electrons. The third kappa shape index (κ3) is 3.11. The summed E-state index contributed by atoms with van der Waals surface area (Å²) in [5, 5.41) is 0. The van der Waals surface area contributed by atoms with Crippen molar-refractivity contribution in [2.45, 2.75) is 26.2 Å². The largest absolute Gasteiger partial charge is 0.493 e. The maximum atomic E-state index is 12.7. The number of carbonyl (C=O) groups is 1. The van der Waals surface area contributed by atoms with Crippen LogP contribution in [-0.4, -0.2) is 38.1 Å². The zero-order chi connectivity index (χ0) is 17.1. The third-order valence-corrected chi connectivity index (χ3v) is 4.52. The van der Waals surface area contributed by atoms with Crippen molar-refractivity contribution in [2.24, 2.45) is 0 Å². The van der Waals surface area contributed by atoms with Gasteiger partial charge in [-0.1, -0.05) is 6.92 Å². The van der Waals surface area contributed by atoms with Gasteiger partial charge in [-0.25, -0.2) is 0 Å². The first kappa shape index (κ1) is 16.4. The van der Waals surface area contributed by atoms with Crippen molar-refractivity contribution in [3.8, 4) is 11.5 Å². The van der Waals surface area contributed by atoms with Crippen LogP contribution >= 0.6 is 0 Å². The summed E-state index contributed by atoms with van der Waals surface area (Å²) in [6.07, 6.45) is 2.38. The molecule has 0 saturated heterocycles. The lowest BCUT2D eigenvalue weighted by atomic mass is 10.0. The number of nitrogens with zero attached hydrogens (tertiary/aromatic N) is 1. The van der Waals surface area contributed by atoms with E-state index in [2.05, 4.69) is 0 Å². The second-order valence-electron chi connectivity index (χ2n) is 5.89. The molecule has 0 radical (unpaired) electrons. The van der Waals surface area contributed by atoms with Gasteiger partial charge < -0.3 is 18.8 Å². The SMILES string of the molecule is CCc1ccc(C(=O)N2CCc3cc(OC)c(OC)cc3CC2)o1. The fourth-order valence-electron chi connectivity index (χ4n) is 3.09. The first-order chi connectivity index (χ1) is 11.7. The van der Waals surface area contributed by atoms with E-state index < -0.39 is 0 Å². The Morgan fingerprint density at radius 2 is 1.67 bits per heavy atom. The summed E-state index contributed by atoms with van der Waals surface area (Å²) in [5.74, 6) is 2.68. The fourth-order valence-corrected chi connectivity index (χ4v) is 3.09. The van der Waals surface area contributed by atoms with Crippen LogP contribution in [-0.2, 0) is 19.3 Å². The van der Waals surface area contributed by atoms with Crippen molar-refractivity contribution in [1.82, 2.24) is 4.90 Å². The summed E-state index contributed by atoms with van der Waals surface area (Å²) in [5.41, 5.74) is 2.41. The molecule has 3 rings (SSSR count). The molecule has 0 spiro atoms. The lowest BCUT2D eigenvalue weighted by Gasteiger charge is -2.18.